The number of aryl methyl sites for hydroxylation is 1. The Kier molecular flexibility index (Phi) is 8.75. The molecule has 0 nitrogen and oxygen atoms in total. The van der Waals surface area contributed by atoms with E-state index in [9.17, 15) is 0 Å². The van der Waals surface area contributed by atoms with E-state index in [1.807, 2.05) is 3.88 Å². The van der Waals surface area contributed by atoms with Crippen molar-refractivity contribution in [3.8, 4) is 0 Å². The third kappa shape index (κ3) is 6.08. The second kappa shape index (κ2) is 10.6. The van der Waals surface area contributed by atoms with E-state index in [0.717, 1.165) is 0 Å². The quantitative estimate of drug-likeness (QED) is 0.276. The first-order valence-electron chi connectivity index (χ1n) is 14.0. The van der Waals surface area contributed by atoms with Gasteiger partial charge >= 0.3 is 226 Å². The van der Waals surface area contributed by atoms with Crippen molar-refractivity contribution in [2.75, 3.05) is 0 Å². The number of benzene rings is 1. The molecule has 2 aliphatic rings. The zero-order chi connectivity index (χ0) is 26.2. The van der Waals surface area contributed by atoms with Crippen molar-refractivity contribution in [2.24, 2.45) is 5.41 Å². The summed E-state index contributed by atoms with van der Waals surface area (Å²) in [5.74, 6) is 0. The Morgan fingerprint density at radius 3 is 2.17 bits per heavy atom. The second-order valence-electron chi connectivity index (χ2n) is 13.9. The van der Waals surface area contributed by atoms with E-state index in [1.54, 1.807) is 27.1 Å². The van der Waals surface area contributed by atoms with Crippen LogP contribution in [0.25, 0.3) is 0 Å². The zero-order valence-electron chi connectivity index (χ0n) is 24.8. The summed E-state index contributed by atoms with van der Waals surface area (Å²) in [4.78, 5) is 0. The molecule has 2 atom stereocenters. The number of allylic oxidation sites excluding steroid dienone is 8. The third-order valence-corrected chi connectivity index (χ3v) is 17.7. The summed E-state index contributed by atoms with van der Waals surface area (Å²) in [6.07, 6.45) is 16.2. The molecular formula is C32H52Si2Ti. The van der Waals surface area contributed by atoms with E-state index in [-0.39, 0.29) is 0 Å². The van der Waals surface area contributed by atoms with Gasteiger partial charge in [-0.1, -0.05) is 0 Å². The molecule has 3 heteroatoms. The van der Waals surface area contributed by atoms with Crippen LogP contribution in [0.4, 0.5) is 0 Å². The normalized spacial score (nSPS) is 25.6. The fraction of sp³-hybridized carbons (Fsp3) is 0.562. The van der Waals surface area contributed by atoms with Crippen LogP contribution in [-0.4, -0.2) is 17.6 Å². The molecule has 0 saturated carbocycles. The fourth-order valence-corrected chi connectivity index (χ4v) is 19.0. The first-order chi connectivity index (χ1) is 16.2. The molecule has 0 radical (unpaired) electrons. The Balaban J connectivity index is 2.24. The molecule has 0 fully saturated rings. The van der Waals surface area contributed by atoms with E-state index in [1.165, 1.54) is 37.7 Å². The van der Waals surface area contributed by atoms with Gasteiger partial charge in [0, 0.05) is 0 Å². The van der Waals surface area contributed by atoms with Crippen LogP contribution >= 0.6 is 0 Å². The summed E-state index contributed by atoms with van der Waals surface area (Å²) in [7, 11) is -1.95. The van der Waals surface area contributed by atoms with Gasteiger partial charge in [0.2, 0.25) is 0 Å². The molecular weight excluding hydrogens is 488 g/mol. The van der Waals surface area contributed by atoms with Crippen LogP contribution < -0.4 is 10.4 Å². The summed E-state index contributed by atoms with van der Waals surface area (Å²) in [5, 5.41) is 11.6. The van der Waals surface area contributed by atoms with Gasteiger partial charge in [-0.15, -0.1) is 0 Å². The summed E-state index contributed by atoms with van der Waals surface area (Å²) in [5.41, 5.74) is 6.79. The van der Waals surface area contributed by atoms with Gasteiger partial charge in [-0.3, -0.25) is 0 Å². The summed E-state index contributed by atoms with van der Waals surface area (Å²) in [6, 6.07) is 7.71. The molecule has 3 rings (SSSR count). The molecule has 0 heterocycles. The standard InChI is InChI=1S/C29H43Si2.3CH3.Ti/c1-9-10-14-28(15-12-11-13-16-28)21-29(20-23(3)24(4)25(29)5)30-26-17-22(2)18-27(19-26)31(6,7)8;;;;/h11-13,15,17-19H,9-10,14,16,21,30H2,1-8H3;3*1H3;. The Bertz CT molecular complexity index is 1070. The van der Waals surface area contributed by atoms with Gasteiger partial charge in [0.1, 0.15) is 0 Å². The maximum atomic E-state index is 2.66. The molecule has 35 heavy (non-hydrogen) atoms. The topological polar surface area (TPSA) is 0 Å². The van der Waals surface area contributed by atoms with Crippen molar-refractivity contribution in [2.45, 2.75) is 107 Å². The van der Waals surface area contributed by atoms with Crippen LogP contribution in [0.5, 0.6) is 0 Å². The number of hydrogen-bond donors (Lipinski definition) is 0. The van der Waals surface area contributed by atoms with Crippen LogP contribution in [0.3, 0.4) is 0 Å². The van der Waals surface area contributed by atoms with Gasteiger partial charge in [-0.2, -0.15) is 0 Å². The summed E-state index contributed by atoms with van der Waals surface area (Å²) >= 11 is -2.13. The molecule has 0 bridgehead atoms. The Morgan fingerprint density at radius 1 is 0.943 bits per heavy atom. The van der Waals surface area contributed by atoms with Gasteiger partial charge in [0.05, 0.1) is 0 Å². The SMILES string of the molecule is CCCCC1(CC2([SiH2]c3cc(C)cc([Si](C)(C)C)c3)C(C)=C(C)C(C)=[C]2[Ti]([CH3])([CH3])[CH3])C=CC=CC1. The average molecular weight is 541 g/mol. The molecule has 1 aromatic carbocycles. The maximum absolute atomic E-state index is 2.66. The fourth-order valence-electron chi connectivity index (χ4n) is 7.15. The van der Waals surface area contributed by atoms with Crippen LogP contribution in [0.1, 0.15) is 65.4 Å². The monoisotopic (exact) mass is 540 g/mol. The van der Waals surface area contributed by atoms with Gasteiger partial charge in [0.15, 0.2) is 0 Å². The molecule has 192 valence electrons. The first kappa shape index (κ1) is 28.9. The van der Waals surface area contributed by atoms with Crippen molar-refractivity contribution < 1.29 is 16.6 Å². The molecule has 2 aliphatic carbocycles. The minimum atomic E-state index is -2.13. The van der Waals surface area contributed by atoms with Gasteiger partial charge in [-0.25, -0.2) is 0 Å². The van der Waals surface area contributed by atoms with Crippen molar-refractivity contribution in [3.63, 3.8) is 0 Å². The van der Waals surface area contributed by atoms with Crippen molar-refractivity contribution in [3.05, 3.63) is 68.7 Å². The van der Waals surface area contributed by atoms with E-state index in [4.69, 9.17) is 0 Å². The summed E-state index contributed by atoms with van der Waals surface area (Å²) < 4.78 is 1.94. The molecule has 0 amide bonds. The van der Waals surface area contributed by atoms with E-state index >= 15 is 0 Å². The molecule has 0 saturated heterocycles. The van der Waals surface area contributed by atoms with Crippen LogP contribution in [0, 0.1) is 12.3 Å². The molecule has 2 unspecified atom stereocenters. The van der Waals surface area contributed by atoms with Crippen LogP contribution in [-0.2, 0) is 16.6 Å². The van der Waals surface area contributed by atoms with Crippen LogP contribution in [0.2, 0.25) is 40.4 Å². The molecule has 0 spiro atoms. The van der Waals surface area contributed by atoms with Crippen molar-refractivity contribution >= 4 is 28.0 Å². The zero-order valence-corrected chi connectivity index (χ0v) is 28.8. The van der Waals surface area contributed by atoms with E-state index in [2.05, 4.69) is 112 Å². The minimum absolute atomic E-state index is 0.292. The average Bonchev–Trinajstić information content (AvgIpc) is 2.92. The predicted molar refractivity (Wildman–Crippen MR) is 163 cm³/mol. The van der Waals surface area contributed by atoms with Gasteiger partial charge in [0.25, 0.3) is 0 Å². The Labute approximate surface area is 224 Å². The molecule has 0 N–H and O–H groups in total. The number of unbranched alkanes of at least 4 members (excludes halogenated alkanes) is 1. The Morgan fingerprint density at radius 2 is 1.63 bits per heavy atom. The number of rotatable bonds is 9. The van der Waals surface area contributed by atoms with Crippen LogP contribution in [0.15, 0.2) is 63.1 Å². The predicted octanol–water partition coefficient (Wildman–Crippen LogP) is 8.50. The molecule has 0 aromatic heterocycles. The Hall–Kier alpha value is -0.672. The van der Waals surface area contributed by atoms with Gasteiger partial charge < -0.3 is 0 Å². The van der Waals surface area contributed by atoms with Gasteiger partial charge in [-0.05, 0) is 0 Å². The van der Waals surface area contributed by atoms with Crippen molar-refractivity contribution in [1.82, 2.24) is 0 Å². The van der Waals surface area contributed by atoms with Crippen molar-refractivity contribution in [1.29, 1.82) is 0 Å². The number of hydrogen-bond acceptors (Lipinski definition) is 0. The molecule has 0 aliphatic heterocycles. The molecule has 1 aromatic rings. The van der Waals surface area contributed by atoms with E-state index in [0.29, 0.717) is 10.5 Å². The second-order valence-corrected chi connectivity index (χ2v) is 29.1. The third-order valence-electron chi connectivity index (χ3n) is 8.86. The van der Waals surface area contributed by atoms with E-state index < -0.39 is 34.2 Å². The first-order valence-corrected chi connectivity index (χ1v) is 24.4. The summed E-state index contributed by atoms with van der Waals surface area (Å²) in [6.45, 7) is 19.6.